The van der Waals surface area contributed by atoms with Gasteiger partial charge in [0.05, 0.1) is 18.4 Å². The molecule has 1 aromatic carbocycles. The van der Waals surface area contributed by atoms with Gasteiger partial charge in [-0.1, -0.05) is 23.5 Å². The molecule has 1 aliphatic rings. The predicted molar refractivity (Wildman–Crippen MR) is 92.8 cm³/mol. The Balaban J connectivity index is 1.65. The molecule has 0 bridgehead atoms. The van der Waals surface area contributed by atoms with E-state index in [9.17, 15) is 18.0 Å². The molecular weight excluding hydrogens is 367 g/mol. The second-order valence-electron chi connectivity index (χ2n) is 5.71. The highest BCUT2D eigenvalue weighted by Crippen LogP contribution is 2.36. The van der Waals surface area contributed by atoms with Crippen LogP contribution in [0.4, 0.5) is 18.3 Å². The van der Waals surface area contributed by atoms with E-state index in [-0.39, 0.29) is 5.91 Å². The Bertz CT molecular complexity index is 771. The number of ether oxygens (including phenoxy) is 1. The first-order chi connectivity index (χ1) is 12.4. The molecule has 9 heteroatoms. The van der Waals surface area contributed by atoms with Gasteiger partial charge in [0.1, 0.15) is 10.6 Å². The molecule has 3 rings (SSSR count). The van der Waals surface area contributed by atoms with Gasteiger partial charge in [-0.3, -0.25) is 4.79 Å². The molecule has 0 spiro atoms. The quantitative estimate of drug-likeness (QED) is 0.808. The van der Waals surface area contributed by atoms with Crippen LogP contribution in [-0.4, -0.2) is 48.6 Å². The minimum absolute atomic E-state index is 0.135. The number of amides is 1. The van der Waals surface area contributed by atoms with Crippen LogP contribution in [0, 0.1) is 0 Å². The number of alkyl halides is 3. The molecule has 1 amide bonds. The fourth-order valence-electron chi connectivity index (χ4n) is 2.74. The van der Waals surface area contributed by atoms with Crippen LogP contribution in [0.25, 0.3) is 0 Å². The summed E-state index contributed by atoms with van der Waals surface area (Å²) >= 11 is 0.628. The van der Waals surface area contributed by atoms with E-state index in [0.29, 0.717) is 60.6 Å². The van der Waals surface area contributed by atoms with Crippen molar-refractivity contribution < 1.29 is 22.7 Å². The van der Waals surface area contributed by atoms with Gasteiger partial charge in [0.25, 0.3) is 5.91 Å². The molecule has 0 aliphatic carbocycles. The number of halogens is 3. The van der Waals surface area contributed by atoms with Crippen LogP contribution >= 0.6 is 11.3 Å². The first kappa shape index (κ1) is 18.5. The highest BCUT2D eigenvalue weighted by molar-refractivity contribution is 7.15. The van der Waals surface area contributed by atoms with E-state index in [0.717, 1.165) is 6.20 Å². The van der Waals surface area contributed by atoms with Gasteiger partial charge in [0, 0.05) is 26.2 Å². The van der Waals surface area contributed by atoms with Gasteiger partial charge < -0.3 is 14.5 Å². The summed E-state index contributed by atoms with van der Waals surface area (Å²) in [5.74, 6) is 0.404. The molecule has 1 aliphatic heterocycles. The molecule has 0 atom stereocenters. The third-order valence-electron chi connectivity index (χ3n) is 4.03. The second kappa shape index (κ2) is 7.53. The lowest BCUT2D eigenvalue weighted by Gasteiger charge is -2.34. The van der Waals surface area contributed by atoms with Crippen molar-refractivity contribution in [3.8, 4) is 5.75 Å². The van der Waals surface area contributed by atoms with Crippen molar-refractivity contribution in [1.82, 2.24) is 9.88 Å². The maximum Gasteiger partial charge on any atom is 0.427 e. The van der Waals surface area contributed by atoms with E-state index in [4.69, 9.17) is 4.74 Å². The summed E-state index contributed by atoms with van der Waals surface area (Å²) in [5.41, 5.74) is 0.497. The minimum atomic E-state index is -4.38. The Morgan fingerprint density at radius 1 is 1.23 bits per heavy atom. The zero-order valence-corrected chi connectivity index (χ0v) is 14.9. The molecule has 1 saturated heterocycles. The van der Waals surface area contributed by atoms with Crippen LogP contribution < -0.4 is 9.64 Å². The molecule has 2 heterocycles. The van der Waals surface area contributed by atoms with Crippen molar-refractivity contribution >= 4 is 22.4 Å². The number of piperazine rings is 1. The average molecular weight is 385 g/mol. The average Bonchev–Trinajstić information content (AvgIpc) is 3.13. The van der Waals surface area contributed by atoms with Crippen LogP contribution in [0.1, 0.15) is 22.2 Å². The molecule has 1 aromatic heterocycles. The van der Waals surface area contributed by atoms with Crippen molar-refractivity contribution in [2.75, 3.05) is 37.7 Å². The Kier molecular flexibility index (Phi) is 5.36. The van der Waals surface area contributed by atoms with E-state index < -0.39 is 11.1 Å². The number of hydrogen-bond acceptors (Lipinski definition) is 5. The largest absolute Gasteiger partial charge is 0.493 e. The lowest BCUT2D eigenvalue weighted by molar-refractivity contribution is -0.134. The first-order valence-electron chi connectivity index (χ1n) is 8.19. The molecule has 0 radical (unpaired) electrons. The number of thiazole rings is 1. The molecule has 140 valence electrons. The monoisotopic (exact) mass is 385 g/mol. The van der Waals surface area contributed by atoms with Crippen LogP contribution in [0.5, 0.6) is 5.75 Å². The van der Waals surface area contributed by atoms with Crippen molar-refractivity contribution in [3.05, 3.63) is 40.9 Å². The maximum atomic E-state index is 12.7. The number of aromatic nitrogens is 1. The van der Waals surface area contributed by atoms with Crippen molar-refractivity contribution in [2.45, 2.75) is 13.1 Å². The summed E-state index contributed by atoms with van der Waals surface area (Å²) < 4.78 is 43.6. The summed E-state index contributed by atoms with van der Waals surface area (Å²) in [6.45, 7) is 4.02. The SMILES string of the molecule is CCOc1ccccc1C(=O)N1CCN(c2ncc(C(F)(F)F)s2)CC1. The first-order valence-corrected chi connectivity index (χ1v) is 9.01. The predicted octanol–water partition coefficient (Wildman–Crippen LogP) is 3.52. The maximum absolute atomic E-state index is 12.7. The number of hydrogen-bond donors (Lipinski definition) is 0. The number of benzene rings is 1. The topological polar surface area (TPSA) is 45.7 Å². The van der Waals surface area contributed by atoms with Gasteiger partial charge in [-0.15, -0.1) is 0 Å². The summed E-state index contributed by atoms with van der Waals surface area (Å²) in [5, 5.41) is 0.333. The number of rotatable bonds is 4. The summed E-state index contributed by atoms with van der Waals surface area (Å²) in [4.78, 5) is 19.4. The Morgan fingerprint density at radius 3 is 2.54 bits per heavy atom. The van der Waals surface area contributed by atoms with E-state index in [1.54, 1.807) is 34.1 Å². The zero-order chi connectivity index (χ0) is 18.7. The molecular formula is C17H18F3N3O2S. The van der Waals surface area contributed by atoms with Gasteiger partial charge in [-0.2, -0.15) is 13.2 Å². The Hall–Kier alpha value is -2.29. The van der Waals surface area contributed by atoms with Crippen LogP contribution in [0.15, 0.2) is 30.5 Å². The number of carbonyl (C=O) groups excluding carboxylic acids is 1. The van der Waals surface area contributed by atoms with Gasteiger partial charge in [0.2, 0.25) is 0 Å². The molecule has 0 unspecified atom stereocenters. The molecule has 26 heavy (non-hydrogen) atoms. The third kappa shape index (κ3) is 3.92. The van der Waals surface area contributed by atoms with E-state index in [1.807, 2.05) is 6.92 Å². The molecule has 5 nitrogen and oxygen atoms in total. The van der Waals surface area contributed by atoms with E-state index in [1.165, 1.54) is 0 Å². The highest BCUT2D eigenvalue weighted by atomic mass is 32.1. The van der Waals surface area contributed by atoms with E-state index >= 15 is 0 Å². The number of nitrogens with zero attached hydrogens (tertiary/aromatic N) is 3. The summed E-state index contributed by atoms with van der Waals surface area (Å²) in [6.07, 6.45) is -3.52. The van der Waals surface area contributed by atoms with Crippen LogP contribution in [-0.2, 0) is 6.18 Å². The van der Waals surface area contributed by atoms with Crippen LogP contribution in [0.2, 0.25) is 0 Å². The van der Waals surface area contributed by atoms with Gasteiger partial charge >= 0.3 is 6.18 Å². The third-order valence-corrected chi connectivity index (χ3v) is 5.13. The Morgan fingerprint density at radius 2 is 1.92 bits per heavy atom. The van der Waals surface area contributed by atoms with Crippen molar-refractivity contribution in [3.63, 3.8) is 0 Å². The lowest BCUT2D eigenvalue weighted by Crippen LogP contribution is -2.48. The fraction of sp³-hybridized carbons (Fsp3) is 0.412. The van der Waals surface area contributed by atoms with Gasteiger partial charge in [-0.25, -0.2) is 4.98 Å². The molecule has 1 fully saturated rings. The smallest absolute Gasteiger partial charge is 0.427 e. The van der Waals surface area contributed by atoms with Crippen LogP contribution in [0.3, 0.4) is 0 Å². The molecule has 0 saturated carbocycles. The van der Waals surface area contributed by atoms with Crippen molar-refractivity contribution in [1.29, 1.82) is 0 Å². The summed E-state index contributed by atoms with van der Waals surface area (Å²) in [7, 11) is 0. The van der Waals surface area contributed by atoms with Crippen molar-refractivity contribution in [2.24, 2.45) is 0 Å². The normalized spacial score (nSPS) is 15.2. The summed E-state index contributed by atoms with van der Waals surface area (Å²) in [6, 6.07) is 7.05. The second-order valence-corrected chi connectivity index (χ2v) is 6.72. The standard InChI is InChI=1S/C17H18F3N3O2S/c1-2-25-13-6-4-3-5-12(13)15(24)22-7-9-23(10-8-22)16-21-11-14(26-16)17(18,19)20/h3-6,11H,2,7-10H2,1H3. The minimum Gasteiger partial charge on any atom is -0.493 e. The number of para-hydroxylation sites is 1. The highest BCUT2D eigenvalue weighted by Gasteiger charge is 2.34. The fourth-order valence-corrected chi connectivity index (χ4v) is 3.57. The number of anilines is 1. The number of carbonyl (C=O) groups is 1. The van der Waals surface area contributed by atoms with Gasteiger partial charge in [0.15, 0.2) is 5.13 Å². The lowest BCUT2D eigenvalue weighted by atomic mass is 10.1. The van der Waals surface area contributed by atoms with Gasteiger partial charge in [-0.05, 0) is 19.1 Å². The zero-order valence-electron chi connectivity index (χ0n) is 14.1. The Labute approximate surface area is 153 Å². The molecule has 0 N–H and O–H groups in total. The molecule has 2 aromatic rings. The van der Waals surface area contributed by atoms with E-state index in [2.05, 4.69) is 4.98 Å².